The normalized spacial score (nSPS) is 23.8. The second kappa shape index (κ2) is 9.08. The molecule has 1 saturated carbocycles. The fourth-order valence-corrected chi connectivity index (χ4v) is 4.20. The van der Waals surface area contributed by atoms with Crippen LogP contribution in [0.25, 0.3) is 0 Å². The van der Waals surface area contributed by atoms with Gasteiger partial charge in [0.2, 0.25) is 0 Å². The summed E-state index contributed by atoms with van der Waals surface area (Å²) in [5, 5.41) is 6.53. The summed E-state index contributed by atoms with van der Waals surface area (Å²) in [6.45, 7) is 5.03. The largest absolute Gasteiger partial charge is 0.497 e. The van der Waals surface area contributed by atoms with Crippen LogP contribution in [0, 0.1) is 11.8 Å². The van der Waals surface area contributed by atoms with Gasteiger partial charge in [0.25, 0.3) is 5.91 Å². The minimum absolute atomic E-state index is 0.101. The van der Waals surface area contributed by atoms with E-state index in [4.69, 9.17) is 9.47 Å². The molecule has 7 heteroatoms. The number of fused-ring (bicyclic) bond motifs is 2. The summed E-state index contributed by atoms with van der Waals surface area (Å²) in [5.41, 5.74) is 0.595. The number of likely N-dealkylation sites (tertiary alicyclic amines) is 1. The molecule has 2 atom stereocenters. The molecule has 1 aromatic rings. The number of piperidine rings is 1. The molecule has 0 unspecified atom stereocenters. The summed E-state index contributed by atoms with van der Waals surface area (Å²) in [6.07, 6.45) is 2.07. The van der Waals surface area contributed by atoms with E-state index < -0.39 is 0 Å². The van der Waals surface area contributed by atoms with Crippen LogP contribution in [0.3, 0.4) is 0 Å². The fourth-order valence-electron chi connectivity index (χ4n) is 4.20. The summed E-state index contributed by atoms with van der Waals surface area (Å²) in [7, 11) is 1.59. The van der Waals surface area contributed by atoms with E-state index >= 15 is 0 Å². The van der Waals surface area contributed by atoms with E-state index in [9.17, 15) is 9.59 Å². The summed E-state index contributed by atoms with van der Waals surface area (Å²) >= 11 is 0. The molecule has 2 bridgehead atoms. The standard InChI is InChI=1S/C20H29N3O4/c1-3-27-20(25)23-12-15-7-8-16(13-23)18(15)21-9-10-22-19(24)14-5-4-6-17(11-14)26-2/h4-6,11,15-16,18,21H,3,7-10,12-13H2,1-2H3,(H,22,24)/t15-,16-/m0/s1. The molecular weight excluding hydrogens is 346 g/mol. The van der Waals surface area contributed by atoms with Crippen molar-refractivity contribution in [2.45, 2.75) is 25.8 Å². The van der Waals surface area contributed by atoms with Crippen LogP contribution in [0.2, 0.25) is 0 Å². The van der Waals surface area contributed by atoms with Gasteiger partial charge < -0.3 is 25.0 Å². The Balaban J connectivity index is 1.42. The number of rotatable bonds is 7. The van der Waals surface area contributed by atoms with Crippen molar-refractivity contribution in [3.8, 4) is 5.75 Å². The summed E-state index contributed by atoms with van der Waals surface area (Å²) < 4.78 is 10.3. The second-order valence-corrected chi connectivity index (χ2v) is 7.17. The van der Waals surface area contributed by atoms with Crippen LogP contribution in [-0.2, 0) is 4.74 Å². The molecule has 27 heavy (non-hydrogen) atoms. The number of nitrogens with zero attached hydrogens (tertiary/aromatic N) is 1. The van der Waals surface area contributed by atoms with Crippen molar-refractivity contribution >= 4 is 12.0 Å². The molecule has 2 amide bonds. The number of benzene rings is 1. The van der Waals surface area contributed by atoms with E-state index in [1.54, 1.807) is 25.3 Å². The number of carbonyl (C=O) groups is 2. The fraction of sp³-hybridized carbons (Fsp3) is 0.600. The van der Waals surface area contributed by atoms with Crippen molar-refractivity contribution in [1.82, 2.24) is 15.5 Å². The molecule has 0 spiro atoms. The Hall–Kier alpha value is -2.28. The maximum Gasteiger partial charge on any atom is 0.409 e. The molecule has 1 saturated heterocycles. The molecule has 1 aliphatic heterocycles. The summed E-state index contributed by atoms with van der Waals surface area (Å²) in [6, 6.07) is 7.53. The van der Waals surface area contributed by atoms with Crippen LogP contribution in [0.5, 0.6) is 5.75 Å². The van der Waals surface area contributed by atoms with E-state index in [0.29, 0.717) is 48.9 Å². The highest BCUT2D eigenvalue weighted by Crippen LogP contribution is 2.37. The van der Waals surface area contributed by atoms with Gasteiger partial charge in [0.15, 0.2) is 0 Å². The smallest absolute Gasteiger partial charge is 0.409 e. The zero-order valence-corrected chi connectivity index (χ0v) is 16.1. The lowest BCUT2D eigenvalue weighted by molar-refractivity contribution is 0.0752. The van der Waals surface area contributed by atoms with Crippen molar-refractivity contribution in [3.63, 3.8) is 0 Å². The third kappa shape index (κ3) is 4.71. The van der Waals surface area contributed by atoms with E-state index in [2.05, 4.69) is 10.6 Å². The molecule has 0 radical (unpaired) electrons. The molecule has 1 heterocycles. The number of methoxy groups -OCH3 is 1. The number of ether oxygens (including phenoxy) is 2. The van der Waals surface area contributed by atoms with Gasteiger partial charge in [-0.2, -0.15) is 0 Å². The Kier molecular flexibility index (Phi) is 6.55. The monoisotopic (exact) mass is 375 g/mol. The van der Waals surface area contributed by atoms with Gasteiger partial charge in [-0.3, -0.25) is 4.79 Å². The number of hydrogen-bond acceptors (Lipinski definition) is 5. The Morgan fingerprint density at radius 3 is 2.59 bits per heavy atom. The quantitative estimate of drug-likeness (QED) is 0.712. The van der Waals surface area contributed by atoms with Crippen molar-refractivity contribution in [3.05, 3.63) is 29.8 Å². The maximum atomic E-state index is 12.2. The molecule has 2 N–H and O–H groups in total. The lowest BCUT2D eigenvalue weighted by atomic mass is 9.92. The Bertz CT molecular complexity index is 652. The van der Waals surface area contributed by atoms with Crippen LogP contribution in [0.15, 0.2) is 24.3 Å². The SMILES string of the molecule is CCOC(=O)N1C[C@@H]2CC[C@@H](C1)C2NCCNC(=O)c1cccc(OC)c1. The van der Waals surface area contributed by atoms with Gasteiger partial charge in [-0.1, -0.05) is 6.07 Å². The molecule has 1 aromatic carbocycles. The van der Waals surface area contributed by atoms with Crippen molar-refractivity contribution < 1.29 is 19.1 Å². The minimum Gasteiger partial charge on any atom is -0.497 e. The first kappa shape index (κ1) is 19.5. The molecular formula is C20H29N3O4. The van der Waals surface area contributed by atoms with Gasteiger partial charge in [-0.15, -0.1) is 0 Å². The predicted octanol–water partition coefficient (Wildman–Crippen LogP) is 1.88. The Morgan fingerprint density at radius 1 is 1.19 bits per heavy atom. The topological polar surface area (TPSA) is 79.9 Å². The van der Waals surface area contributed by atoms with E-state index in [1.807, 2.05) is 17.9 Å². The molecule has 2 aliphatic rings. The third-order valence-electron chi connectivity index (χ3n) is 5.48. The molecule has 0 aromatic heterocycles. The number of carbonyl (C=O) groups excluding carboxylic acids is 2. The van der Waals surface area contributed by atoms with Gasteiger partial charge in [0.1, 0.15) is 5.75 Å². The highest BCUT2D eigenvalue weighted by Gasteiger charge is 2.43. The lowest BCUT2D eigenvalue weighted by Crippen LogP contribution is -2.53. The van der Waals surface area contributed by atoms with E-state index in [1.165, 1.54) is 0 Å². The van der Waals surface area contributed by atoms with Crippen molar-refractivity contribution in [1.29, 1.82) is 0 Å². The zero-order chi connectivity index (χ0) is 19.2. The van der Waals surface area contributed by atoms with Crippen LogP contribution >= 0.6 is 0 Å². The number of nitrogens with one attached hydrogen (secondary N) is 2. The predicted molar refractivity (Wildman–Crippen MR) is 102 cm³/mol. The van der Waals surface area contributed by atoms with Crippen molar-refractivity contribution in [2.24, 2.45) is 11.8 Å². The maximum absolute atomic E-state index is 12.2. The van der Waals surface area contributed by atoms with Crippen LogP contribution in [0.1, 0.15) is 30.1 Å². The first-order valence-electron chi connectivity index (χ1n) is 9.69. The Labute approximate surface area is 160 Å². The number of amides is 2. The highest BCUT2D eigenvalue weighted by molar-refractivity contribution is 5.94. The molecule has 7 nitrogen and oxygen atoms in total. The van der Waals surface area contributed by atoms with E-state index in [0.717, 1.165) is 25.9 Å². The van der Waals surface area contributed by atoms with Gasteiger partial charge in [-0.25, -0.2) is 4.79 Å². The molecule has 2 fully saturated rings. The second-order valence-electron chi connectivity index (χ2n) is 7.17. The van der Waals surface area contributed by atoms with Gasteiger partial charge in [0.05, 0.1) is 13.7 Å². The number of hydrogen-bond donors (Lipinski definition) is 2. The average molecular weight is 375 g/mol. The van der Waals surface area contributed by atoms with E-state index in [-0.39, 0.29) is 12.0 Å². The lowest BCUT2D eigenvalue weighted by Gasteiger charge is -2.37. The summed E-state index contributed by atoms with van der Waals surface area (Å²) in [4.78, 5) is 26.0. The minimum atomic E-state index is -0.196. The van der Waals surface area contributed by atoms with Crippen molar-refractivity contribution in [2.75, 3.05) is 39.9 Å². The Morgan fingerprint density at radius 2 is 1.93 bits per heavy atom. The molecule has 1 aliphatic carbocycles. The first-order valence-corrected chi connectivity index (χ1v) is 9.69. The average Bonchev–Trinajstić information content (AvgIpc) is 2.92. The van der Waals surface area contributed by atoms with Gasteiger partial charge >= 0.3 is 6.09 Å². The zero-order valence-electron chi connectivity index (χ0n) is 16.1. The molecule has 148 valence electrons. The first-order chi connectivity index (χ1) is 13.1. The van der Waals surface area contributed by atoms with Gasteiger partial charge in [-0.05, 0) is 49.8 Å². The summed E-state index contributed by atoms with van der Waals surface area (Å²) in [5.74, 6) is 1.49. The third-order valence-corrected chi connectivity index (χ3v) is 5.48. The van der Waals surface area contributed by atoms with Gasteiger partial charge in [0, 0.05) is 37.8 Å². The molecule has 3 rings (SSSR count). The van der Waals surface area contributed by atoms with Crippen LogP contribution < -0.4 is 15.4 Å². The van der Waals surface area contributed by atoms with Crippen LogP contribution in [-0.4, -0.2) is 62.8 Å². The highest BCUT2D eigenvalue weighted by atomic mass is 16.6. The van der Waals surface area contributed by atoms with Crippen LogP contribution in [0.4, 0.5) is 4.79 Å².